The molecule has 1 aliphatic heterocycles. The molecule has 1 saturated heterocycles. The van der Waals surface area contributed by atoms with Crippen LogP contribution >= 0.6 is 24.4 Å². The van der Waals surface area contributed by atoms with Crippen LogP contribution in [-0.4, -0.2) is 88.3 Å². The van der Waals surface area contributed by atoms with Crippen LogP contribution in [0.3, 0.4) is 0 Å². The predicted octanol–water partition coefficient (Wildman–Crippen LogP) is -1.56. The van der Waals surface area contributed by atoms with E-state index in [2.05, 4.69) is 33.9 Å². The molecular weight excluding hydrogens is 436 g/mol. The quantitative estimate of drug-likeness (QED) is 0.159. The molecule has 0 aromatic carbocycles. The van der Waals surface area contributed by atoms with Gasteiger partial charge in [0.15, 0.2) is 0 Å². The summed E-state index contributed by atoms with van der Waals surface area (Å²) >= 11 is 5.44. The first kappa shape index (κ1) is 26.0. The predicted molar refractivity (Wildman–Crippen MR) is 114 cm³/mol. The van der Waals surface area contributed by atoms with E-state index in [0.717, 1.165) is 6.42 Å². The zero-order valence-electron chi connectivity index (χ0n) is 16.6. The van der Waals surface area contributed by atoms with E-state index < -0.39 is 54.3 Å². The van der Waals surface area contributed by atoms with Gasteiger partial charge in [0.1, 0.15) is 18.1 Å². The minimum absolute atomic E-state index is 0.0722. The molecule has 1 rings (SSSR count). The maximum atomic E-state index is 12.5. The number of nitrogens with one attached hydrogen (secondary N) is 4. The van der Waals surface area contributed by atoms with Crippen LogP contribution in [0, 0.1) is 0 Å². The molecule has 0 aromatic rings. The van der Waals surface area contributed by atoms with Crippen LogP contribution in [0.5, 0.6) is 0 Å². The van der Waals surface area contributed by atoms with E-state index in [9.17, 15) is 29.1 Å². The largest absolute Gasteiger partial charge is 0.481 e. The smallest absolute Gasteiger partial charge is 0.326 e. The molecule has 0 saturated carbocycles. The van der Waals surface area contributed by atoms with Gasteiger partial charge in [-0.05, 0) is 37.8 Å². The van der Waals surface area contributed by atoms with E-state index in [1.165, 1.54) is 11.8 Å². The number of carbonyl (C=O) groups is 5. The summed E-state index contributed by atoms with van der Waals surface area (Å²) in [5, 5.41) is 28.4. The maximum Gasteiger partial charge on any atom is 0.326 e. The van der Waals surface area contributed by atoms with Crippen molar-refractivity contribution in [2.75, 3.05) is 24.3 Å². The van der Waals surface area contributed by atoms with Crippen molar-refractivity contribution in [1.29, 1.82) is 0 Å². The van der Waals surface area contributed by atoms with Gasteiger partial charge in [0.2, 0.25) is 17.7 Å². The summed E-state index contributed by atoms with van der Waals surface area (Å²) < 4.78 is 0. The molecule has 0 bridgehead atoms. The maximum absolute atomic E-state index is 12.5. The van der Waals surface area contributed by atoms with Crippen molar-refractivity contribution in [3.05, 3.63) is 0 Å². The van der Waals surface area contributed by atoms with Crippen molar-refractivity contribution in [2.45, 2.75) is 49.9 Å². The molecule has 4 atom stereocenters. The van der Waals surface area contributed by atoms with E-state index in [1.807, 2.05) is 0 Å². The molecule has 0 aliphatic carbocycles. The molecule has 4 unspecified atom stereocenters. The molecule has 170 valence electrons. The third-order valence-corrected chi connectivity index (χ3v) is 5.44. The fourth-order valence-corrected chi connectivity index (χ4v) is 3.52. The Balaban J connectivity index is 2.78. The van der Waals surface area contributed by atoms with Crippen molar-refractivity contribution in [3.8, 4) is 0 Å². The SMILES string of the molecule is CSCCC(NC(=O)C(CC(=O)O)NC(=O)C(CS)NC(=O)C1CCCN1)C(=O)O. The lowest BCUT2D eigenvalue weighted by Crippen LogP contribution is -2.58. The molecule has 13 heteroatoms. The first-order valence-electron chi connectivity index (χ1n) is 9.38. The molecule has 1 fully saturated rings. The lowest BCUT2D eigenvalue weighted by molar-refractivity contribution is -0.143. The highest BCUT2D eigenvalue weighted by molar-refractivity contribution is 7.98. The van der Waals surface area contributed by atoms with E-state index >= 15 is 0 Å². The van der Waals surface area contributed by atoms with Crippen molar-refractivity contribution in [3.63, 3.8) is 0 Å². The van der Waals surface area contributed by atoms with E-state index in [0.29, 0.717) is 18.7 Å². The Kier molecular flexibility index (Phi) is 11.6. The van der Waals surface area contributed by atoms with Gasteiger partial charge in [-0.3, -0.25) is 19.2 Å². The van der Waals surface area contributed by atoms with Gasteiger partial charge in [-0.2, -0.15) is 24.4 Å². The third-order valence-electron chi connectivity index (χ3n) is 4.43. The summed E-state index contributed by atoms with van der Waals surface area (Å²) in [5.74, 6) is -4.32. The van der Waals surface area contributed by atoms with Crippen LogP contribution in [0.2, 0.25) is 0 Å². The average Bonchev–Trinajstić information content (AvgIpc) is 3.22. The summed E-state index contributed by atoms with van der Waals surface area (Å²) in [6, 6.07) is -4.23. The Morgan fingerprint density at radius 3 is 2.20 bits per heavy atom. The fourth-order valence-electron chi connectivity index (χ4n) is 2.80. The highest BCUT2D eigenvalue weighted by atomic mass is 32.2. The van der Waals surface area contributed by atoms with Gasteiger partial charge >= 0.3 is 11.9 Å². The fraction of sp³-hybridized carbons (Fsp3) is 0.706. The molecule has 11 nitrogen and oxygen atoms in total. The summed E-state index contributed by atoms with van der Waals surface area (Å²) in [4.78, 5) is 59.6. The minimum atomic E-state index is -1.50. The van der Waals surface area contributed by atoms with Gasteiger partial charge in [0, 0.05) is 5.75 Å². The molecule has 1 heterocycles. The molecular formula is C17H28N4O7S2. The van der Waals surface area contributed by atoms with Crippen LogP contribution in [0.15, 0.2) is 0 Å². The number of thioether (sulfide) groups is 1. The van der Waals surface area contributed by atoms with Gasteiger partial charge in [0.25, 0.3) is 0 Å². The Morgan fingerprint density at radius 1 is 1.07 bits per heavy atom. The Labute approximate surface area is 183 Å². The normalized spacial score (nSPS) is 18.7. The lowest BCUT2D eigenvalue weighted by Gasteiger charge is -2.23. The standard InChI is InChI=1S/C17H28N4O7S2/c1-30-6-4-10(17(27)28)19-15(25)11(7-13(22)23)20-16(26)12(8-29)21-14(24)9-3-2-5-18-9/h9-12,18,29H,2-8H2,1H3,(H,19,25)(H,20,26)(H,21,24)(H,22,23)(H,27,28). The minimum Gasteiger partial charge on any atom is -0.481 e. The number of thiol groups is 1. The van der Waals surface area contributed by atoms with Crippen LogP contribution in [0.1, 0.15) is 25.7 Å². The molecule has 3 amide bonds. The summed E-state index contributed by atoms with van der Waals surface area (Å²) in [7, 11) is 0. The van der Waals surface area contributed by atoms with E-state index in [-0.39, 0.29) is 18.1 Å². The van der Waals surface area contributed by atoms with Crippen LogP contribution in [0.25, 0.3) is 0 Å². The summed E-state index contributed by atoms with van der Waals surface area (Å²) in [5.41, 5.74) is 0. The van der Waals surface area contributed by atoms with Crippen molar-refractivity contribution in [1.82, 2.24) is 21.3 Å². The van der Waals surface area contributed by atoms with Crippen molar-refractivity contribution >= 4 is 54.1 Å². The Hall–Kier alpha value is -1.99. The zero-order chi connectivity index (χ0) is 22.7. The highest BCUT2D eigenvalue weighted by Crippen LogP contribution is 2.06. The number of amides is 3. The van der Waals surface area contributed by atoms with Crippen molar-refractivity contribution < 1.29 is 34.2 Å². The zero-order valence-corrected chi connectivity index (χ0v) is 18.3. The molecule has 30 heavy (non-hydrogen) atoms. The van der Waals surface area contributed by atoms with Crippen molar-refractivity contribution in [2.24, 2.45) is 0 Å². The molecule has 0 aromatic heterocycles. The second-order valence-electron chi connectivity index (χ2n) is 6.73. The summed E-state index contributed by atoms with van der Waals surface area (Å²) in [6.07, 6.45) is 2.63. The number of rotatable bonds is 13. The number of carboxylic acids is 2. The Morgan fingerprint density at radius 2 is 1.70 bits per heavy atom. The second-order valence-corrected chi connectivity index (χ2v) is 8.08. The molecule has 0 radical (unpaired) electrons. The van der Waals surface area contributed by atoms with Gasteiger partial charge < -0.3 is 31.5 Å². The number of hydrogen-bond donors (Lipinski definition) is 7. The topological polar surface area (TPSA) is 174 Å². The first-order valence-corrected chi connectivity index (χ1v) is 11.4. The second kappa shape index (κ2) is 13.3. The van der Waals surface area contributed by atoms with Gasteiger partial charge in [0.05, 0.1) is 12.5 Å². The van der Waals surface area contributed by atoms with E-state index in [4.69, 9.17) is 5.11 Å². The number of hydrogen-bond acceptors (Lipinski definition) is 8. The van der Waals surface area contributed by atoms with Gasteiger partial charge in [-0.25, -0.2) is 4.79 Å². The third kappa shape index (κ3) is 8.79. The Bertz CT molecular complexity index is 644. The lowest BCUT2D eigenvalue weighted by atomic mass is 10.1. The molecule has 0 spiro atoms. The van der Waals surface area contributed by atoms with E-state index in [1.54, 1.807) is 6.26 Å². The monoisotopic (exact) mass is 464 g/mol. The highest BCUT2D eigenvalue weighted by Gasteiger charge is 2.31. The molecule has 6 N–H and O–H groups in total. The van der Waals surface area contributed by atoms with Crippen LogP contribution in [-0.2, 0) is 24.0 Å². The number of carboxylic acid groups (broad SMARTS) is 2. The van der Waals surface area contributed by atoms with Gasteiger partial charge in [-0.15, -0.1) is 0 Å². The number of aliphatic carboxylic acids is 2. The van der Waals surface area contributed by atoms with Crippen LogP contribution in [0.4, 0.5) is 0 Å². The molecule has 1 aliphatic rings. The first-order chi connectivity index (χ1) is 14.2. The number of carbonyl (C=O) groups excluding carboxylic acids is 3. The summed E-state index contributed by atoms with van der Waals surface area (Å²) in [6.45, 7) is 0.692. The van der Waals surface area contributed by atoms with Gasteiger partial charge in [-0.1, -0.05) is 0 Å². The average molecular weight is 465 g/mol. The van der Waals surface area contributed by atoms with Crippen LogP contribution < -0.4 is 21.3 Å².